The molecule has 17 heavy (non-hydrogen) atoms. The van der Waals surface area contributed by atoms with Gasteiger partial charge in [0.15, 0.2) is 0 Å². The molecule has 0 fully saturated rings. The van der Waals surface area contributed by atoms with Gasteiger partial charge in [-0.05, 0) is 31.7 Å². The largest absolute Gasteiger partial charge is 0.492 e. The van der Waals surface area contributed by atoms with Crippen LogP contribution in [0.5, 0.6) is 5.75 Å². The molecule has 0 saturated heterocycles. The number of nitriles is 1. The maximum atomic E-state index is 8.51. The summed E-state index contributed by atoms with van der Waals surface area (Å²) in [5, 5.41) is 9.14. The number of hydrogen-bond acceptors (Lipinski definition) is 3. The highest BCUT2D eigenvalue weighted by Crippen LogP contribution is 2.25. The van der Waals surface area contributed by atoms with Gasteiger partial charge in [-0.25, -0.2) is 0 Å². The van der Waals surface area contributed by atoms with Crippen LogP contribution in [0.4, 0.5) is 0 Å². The van der Waals surface area contributed by atoms with Crippen LogP contribution in [0.25, 0.3) is 0 Å². The lowest BCUT2D eigenvalue weighted by molar-refractivity contribution is 0.332. The molecule has 0 N–H and O–H groups in total. The van der Waals surface area contributed by atoms with Gasteiger partial charge >= 0.3 is 0 Å². The van der Waals surface area contributed by atoms with Crippen LogP contribution in [0.15, 0.2) is 18.2 Å². The van der Waals surface area contributed by atoms with Gasteiger partial charge in [0, 0.05) is 19.5 Å². The highest BCUT2D eigenvalue weighted by Gasteiger charge is 2.04. The van der Waals surface area contributed by atoms with Crippen molar-refractivity contribution >= 4 is 11.6 Å². The molecule has 0 aromatic heterocycles. The van der Waals surface area contributed by atoms with Crippen molar-refractivity contribution < 1.29 is 4.74 Å². The van der Waals surface area contributed by atoms with Crippen LogP contribution in [0.1, 0.15) is 18.9 Å². The first kappa shape index (κ1) is 13.8. The molecule has 92 valence electrons. The SMILES string of the molecule is CCOc1ccc(CN(C)CCC#N)cc1Cl. The normalized spacial score (nSPS) is 10.3. The Morgan fingerprint density at radius 2 is 2.24 bits per heavy atom. The van der Waals surface area contributed by atoms with E-state index in [2.05, 4.69) is 11.0 Å². The summed E-state index contributed by atoms with van der Waals surface area (Å²) in [5.74, 6) is 0.720. The number of benzene rings is 1. The van der Waals surface area contributed by atoms with E-state index in [1.807, 2.05) is 32.2 Å². The van der Waals surface area contributed by atoms with Gasteiger partial charge < -0.3 is 9.64 Å². The van der Waals surface area contributed by atoms with Crippen molar-refractivity contribution in [3.05, 3.63) is 28.8 Å². The molecular weight excluding hydrogens is 236 g/mol. The zero-order valence-corrected chi connectivity index (χ0v) is 11.0. The molecule has 0 bridgehead atoms. The molecule has 0 unspecified atom stereocenters. The molecule has 1 aromatic rings. The first-order chi connectivity index (χ1) is 8.17. The van der Waals surface area contributed by atoms with Gasteiger partial charge in [-0.3, -0.25) is 0 Å². The quantitative estimate of drug-likeness (QED) is 0.781. The third kappa shape index (κ3) is 4.64. The maximum absolute atomic E-state index is 8.51. The summed E-state index contributed by atoms with van der Waals surface area (Å²) < 4.78 is 5.37. The Morgan fingerprint density at radius 1 is 1.47 bits per heavy atom. The Morgan fingerprint density at radius 3 is 2.82 bits per heavy atom. The summed E-state index contributed by atoms with van der Waals surface area (Å²) >= 11 is 6.10. The summed E-state index contributed by atoms with van der Waals surface area (Å²) in [7, 11) is 1.99. The highest BCUT2D eigenvalue weighted by molar-refractivity contribution is 6.32. The van der Waals surface area contributed by atoms with Crippen molar-refractivity contribution in [2.24, 2.45) is 0 Å². The molecule has 4 heteroatoms. The molecule has 0 spiro atoms. The molecule has 0 atom stereocenters. The smallest absolute Gasteiger partial charge is 0.137 e. The van der Waals surface area contributed by atoms with E-state index in [1.54, 1.807) is 0 Å². The standard InChI is InChI=1S/C13H17ClN2O/c1-3-17-13-6-5-11(9-12(13)14)10-16(2)8-4-7-15/h5-6,9H,3-4,8,10H2,1-2H3. The van der Waals surface area contributed by atoms with Gasteiger partial charge in [0.2, 0.25) is 0 Å². The Bertz CT molecular complexity index is 401. The molecule has 0 radical (unpaired) electrons. The van der Waals surface area contributed by atoms with E-state index in [0.29, 0.717) is 18.1 Å². The second-order valence-corrected chi connectivity index (χ2v) is 4.25. The Balaban J connectivity index is 2.61. The summed E-state index contributed by atoms with van der Waals surface area (Å²) in [6, 6.07) is 7.93. The zero-order chi connectivity index (χ0) is 12.7. The van der Waals surface area contributed by atoms with Crippen LogP contribution in [-0.2, 0) is 6.54 Å². The molecule has 0 aliphatic heterocycles. The lowest BCUT2D eigenvalue weighted by Crippen LogP contribution is -2.18. The van der Waals surface area contributed by atoms with E-state index >= 15 is 0 Å². The third-order valence-corrected chi connectivity index (χ3v) is 2.65. The second kappa shape index (κ2) is 7.16. The van der Waals surface area contributed by atoms with Crippen LogP contribution in [0.3, 0.4) is 0 Å². The van der Waals surface area contributed by atoms with Crippen molar-refractivity contribution in [3.8, 4) is 11.8 Å². The minimum Gasteiger partial charge on any atom is -0.492 e. The van der Waals surface area contributed by atoms with Gasteiger partial charge in [-0.1, -0.05) is 17.7 Å². The average molecular weight is 253 g/mol. The molecule has 0 heterocycles. The Kier molecular flexibility index (Phi) is 5.82. The lowest BCUT2D eigenvalue weighted by Gasteiger charge is -2.15. The van der Waals surface area contributed by atoms with Crippen molar-refractivity contribution in [2.45, 2.75) is 19.9 Å². The second-order valence-electron chi connectivity index (χ2n) is 3.84. The third-order valence-electron chi connectivity index (χ3n) is 2.35. The number of nitrogens with zero attached hydrogens (tertiary/aromatic N) is 2. The Labute approximate surface area is 108 Å². The fourth-order valence-corrected chi connectivity index (χ4v) is 1.80. The summed E-state index contributed by atoms with van der Waals surface area (Å²) in [6.07, 6.45) is 0.543. The molecule has 0 amide bonds. The number of rotatable bonds is 6. The molecule has 1 aromatic carbocycles. The predicted octanol–water partition coefficient (Wildman–Crippen LogP) is 3.08. The number of ether oxygens (including phenoxy) is 1. The molecular formula is C13H17ClN2O. The van der Waals surface area contributed by atoms with Crippen molar-refractivity contribution in [1.82, 2.24) is 4.90 Å². The number of hydrogen-bond donors (Lipinski definition) is 0. The first-order valence-corrected chi connectivity index (χ1v) is 6.02. The van der Waals surface area contributed by atoms with Crippen molar-refractivity contribution in [3.63, 3.8) is 0 Å². The van der Waals surface area contributed by atoms with Crippen molar-refractivity contribution in [2.75, 3.05) is 20.2 Å². The molecule has 0 saturated carbocycles. The highest BCUT2D eigenvalue weighted by atomic mass is 35.5. The van der Waals surface area contributed by atoms with E-state index < -0.39 is 0 Å². The zero-order valence-electron chi connectivity index (χ0n) is 10.2. The fourth-order valence-electron chi connectivity index (χ4n) is 1.55. The van der Waals surface area contributed by atoms with E-state index in [0.717, 1.165) is 24.4 Å². The molecule has 0 aliphatic carbocycles. The number of halogens is 1. The molecule has 3 nitrogen and oxygen atoms in total. The van der Waals surface area contributed by atoms with Gasteiger partial charge in [0.05, 0.1) is 17.7 Å². The fraction of sp³-hybridized carbons (Fsp3) is 0.462. The van der Waals surface area contributed by atoms with Crippen LogP contribution in [0.2, 0.25) is 5.02 Å². The van der Waals surface area contributed by atoms with E-state index in [-0.39, 0.29) is 0 Å². The van der Waals surface area contributed by atoms with E-state index in [9.17, 15) is 0 Å². The van der Waals surface area contributed by atoms with Gasteiger partial charge in [0.25, 0.3) is 0 Å². The van der Waals surface area contributed by atoms with Crippen LogP contribution in [-0.4, -0.2) is 25.1 Å². The average Bonchev–Trinajstić information content (AvgIpc) is 2.30. The van der Waals surface area contributed by atoms with E-state index in [1.165, 1.54) is 0 Å². The van der Waals surface area contributed by atoms with Crippen LogP contribution < -0.4 is 4.74 Å². The van der Waals surface area contributed by atoms with Gasteiger partial charge in [-0.15, -0.1) is 0 Å². The first-order valence-electron chi connectivity index (χ1n) is 5.64. The maximum Gasteiger partial charge on any atom is 0.137 e. The molecule has 1 rings (SSSR count). The van der Waals surface area contributed by atoms with Crippen LogP contribution >= 0.6 is 11.6 Å². The monoisotopic (exact) mass is 252 g/mol. The lowest BCUT2D eigenvalue weighted by atomic mass is 10.2. The minimum absolute atomic E-state index is 0.543. The Hall–Kier alpha value is -1.24. The predicted molar refractivity (Wildman–Crippen MR) is 69.2 cm³/mol. The van der Waals surface area contributed by atoms with E-state index in [4.69, 9.17) is 21.6 Å². The summed E-state index contributed by atoms with van der Waals surface area (Å²) in [6.45, 7) is 4.09. The minimum atomic E-state index is 0.543. The van der Waals surface area contributed by atoms with Crippen molar-refractivity contribution in [1.29, 1.82) is 5.26 Å². The van der Waals surface area contributed by atoms with Gasteiger partial charge in [0.1, 0.15) is 5.75 Å². The topological polar surface area (TPSA) is 36.3 Å². The summed E-state index contributed by atoms with van der Waals surface area (Å²) in [5.41, 5.74) is 1.12. The molecule has 0 aliphatic rings. The van der Waals surface area contributed by atoms with Crippen LogP contribution in [0, 0.1) is 11.3 Å². The van der Waals surface area contributed by atoms with Gasteiger partial charge in [-0.2, -0.15) is 5.26 Å². The summed E-state index contributed by atoms with van der Waals surface area (Å²) in [4.78, 5) is 2.09.